The molecule has 0 atom stereocenters. The van der Waals surface area contributed by atoms with Crippen LogP contribution in [-0.2, 0) is 4.94 Å². The van der Waals surface area contributed by atoms with Crippen LogP contribution in [-0.4, -0.2) is 6.10 Å². The maximum absolute atomic E-state index is 11.4. The van der Waals surface area contributed by atoms with Gasteiger partial charge in [-0.1, -0.05) is 26.7 Å². The molecule has 1 aliphatic rings. The molecule has 0 N–H and O–H groups in total. The fourth-order valence-corrected chi connectivity index (χ4v) is 1.15. The third-order valence-electron chi connectivity index (χ3n) is 1.68. The quantitative estimate of drug-likeness (QED) is 0.535. The second-order valence-corrected chi connectivity index (χ2v) is 2.35. The van der Waals surface area contributed by atoms with Gasteiger partial charge in [0.15, 0.2) is 0 Å². The van der Waals surface area contributed by atoms with Gasteiger partial charge in [-0.05, 0) is 17.4 Å². The molecule has 56 valence electrons. The van der Waals surface area contributed by atoms with Crippen LogP contribution in [0.3, 0.4) is 0 Å². The standard InChI is InChI=1S/C6H11FO.CH4/c7-8-6-4-2-1-3-5-6;/h6H,1-5H2;1H4. The Kier molecular flexibility index (Phi) is 4.68. The van der Waals surface area contributed by atoms with Gasteiger partial charge >= 0.3 is 0 Å². The Morgan fingerprint density at radius 2 is 1.67 bits per heavy atom. The molecule has 0 aromatic heterocycles. The molecule has 0 unspecified atom stereocenters. The van der Waals surface area contributed by atoms with Crippen molar-refractivity contribution >= 4 is 0 Å². The molecule has 1 aliphatic carbocycles. The Morgan fingerprint density at radius 3 is 2.00 bits per heavy atom. The van der Waals surface area contributed by atoms with Crippen LogP contribution in [0.25, 0.3) is 0 Å². The molecular weight excluding hydrogens is 119 g/mol. The number of hydrogen-bond acceptors (Lipinski definition) is 1. The highest BCUT2D eigenvalue weighted by Gasteiger charge is 2.13. The van der Waals surface area contributed by atoms with Crippen molar-refractivity contribution in [2.75, 3.05) is 0 Å². The first kappa shape index (κ1) is 8.89. The minimum atomic E-state index is -0.0799. The van der Waals surface area contributed by atoms with Crippen molar-refractivity contribution in [3.05, 3.63) is 0 Å². The van der Waals surface area contributed by atoms with Crippen molar-refractivity contribution in [2.24, 2.45) is 0 Å². The predicted molar refractivity (Wildman–Crippen MR) is 35.8 cm³/mol. The van der Waals surface area contributed by atoms with E-state index >= 15 is 0 Å². The van der Waals surface area contributed by atoms with Gasteiger partial charge in [-0.25, -0.2) is 0 Å². The Hall–Kier alpha value is -0.110. The normalized spacial score (nSPS) is 21.0. The SMILES string of the molecule is C.FOC1CCCCC1. The zero-order chi connectivity index (χ0) is 5.82. The van der Waals surface area contributed by atoms with Gasteiger partial charge in [0, 0.05) is 0 Å². The molecule has 9 heavy (non-hydrogen) atoms. The van der Waals surface area contributed by atoms with E-state index in [-0.39, 0.29) is 13.5 Å². The van der Waals surface area contributed by atoms with Crippen LogP contribution in [0.2, 0.25) is 0 Å². The average Bonchev–Trinajstić information content (AvgIpc) is 1.90. The Bertz CT molecular complexity index is 59.9. The molecule has 0 aromatic carbocycles. The van der Waals surface area contributed by atoms with E-state index in [9.17, 15) is 4.53 Å². The second-order valence-electron chi connectivity index (χ2n) is 2.35. The van der Waals surface area contributed by atoms with Crippen LogP contribution in [0.15, 0.2) is 0 Å². The van der Waals surface area contributed by atoms with Crippen molar-refractivity contribution < 1.29 is 9.47 Å². The van der Waals surface area contributed by atoms with E-state index in [1.54, 1.807) is 0 Å². The lowest BCUT2D eigenvalue weighted by atomic mass is 9.98. The molecule has 0 radical (unpaired) electrons. The van der Waals surface area contributed by atoms with Gasteiger partial charge < -0.3 is 0 Å². The molecule has 0 amide bonds. The average molecular weight is 134 g/mol. The maximum atomic E-state index is 11.4. The molecule has 0 bridgehead atoms. The van der Waals surface area contributed by atoms with Crippen molar-refractivity contribution in [1.82, 2.24) is 0 Å². The van der Waals surface area contributed by atoms with Crippen LogP contribution in [0.4, 0.5) is 4.53 Å². The first-order valence-corrected chi connectivity index (χ1v) is 3.21. The summed E-state index contributed by atoms with van der Waals surface area (Å²) in [5, 5.41) is 0. The summed E-state index contributed by atoms with van der Waals surface area (Å²) in [5.74, 6) is 0. The molecule has 2 heteroatoms. The molecule has 0 heterocycles. The van der Waals surface area contributed by atoms with Crippen molar-refractivity contribution in [3.63, 3.8) is 0 Å². The summed E-state index contributed by atoms with van der Waals surface area (Å²) < 4.78 is 11.4. The van der Waals surface area contributed by atoms with E-state index < -0.39 is 0 Å². The molecule has 0 aromatic rings. The molecule has 1 saturated carbocycles. The van der Waals surface area contributed by atoms with E-state index in [0.717, 1.165) is 25.7 Å². The lowest BCUT2D eigenvalue weighted by Gasteiger charge is -2.15. The van der Waals surface area contributed by atoms with E-state index in [0.29, 0.717) is 0 Å². The lowest BCUT2D eigenvalue weighted by molar-refractivity contribution is -0.187. The zero-order valence-electron chi connectivity index (χ0n) is 4.90. The van der Waals surface area contributed by atoms with Gasteiger partial charge in [0.25, 0.3) is 0 Å². The molecule has 1 rings (SSSR count). The third kappa shape index (κ3) is 2.80. The third-order valence-corrected chi connectivity index (χ3v) is 1.68. The van der Waals surface area contributed by atoms with Crippen LogP contribution in [0, 0.1) is 0 Å². The number of rotatable bonds is 1. The summed E-state index contributed by atoms with van der Waals surface area (Å²) in [4.78, 5) is 3.69. The highest BCUT2D eigenvalue weighted by atomic mass is 19.3. The summed E-state index contributed by atoms with van der Waals surface area (Å²) in [5.41, 5.74) is 0. The molecule has 1 nitrogen and oxygen atoms in total. The molecule has 0 aliphatic heterocycles. The van der Waals surface area contributed by atoms with E-state index in [1.165, 1.54) is 6.42 Å². The Morgan fingerprint density at radius 1 is 1.11 bits per heavy atom. The fourth-order valence-electron chi connectivity index (χ4n) is 1.15. The van der Waals surface area contributed by atoms with E-state index in [2.05, 4.69) is 4.94 Å². The highest BCUT2D eigenvalue weighted by molar-refractivity contribution is 4.62. The highest BCUT2D eigenvalue weighted by Crippen LogP contribution is 2.19. The predicted octanol–water partition coefficient (Wildman–Crippen LogP) is 2.86. The summed E-state index contributed by atoms with van der Waals surface area (Å²) in [6.45, 7) is 0. The van der Waals surface area contributed by atoms with Gasteiger partial charge in [0.05, 0.1) is 6.10 Å². The minimum absolute atomic E-state index is 0. The van der Waals surface area contributed by atoms with Crippen LogP contribution < -0.4 is 0 Å². The summed E-state index contributed by atoms with van der Waals surface area (Å²) >= 11 is 0. The second kappa shape index (κ2) is 4.74. The molecule has 1 fully saturated rings. The zero-order valence-corrected chi connectivity index (χ0v) is 4.90. The Balaban J connectivity index is 0.000000640. The molecule has 0 saturated heterocycles. The van der Waals surface area contributed by atoms with Gasteiger partial charge in [-0.3, -0.25) is 0 Å². The van der Waals surface area contributed by atoms with E-state index in [4.69, 9.17) is 0 Å². The summed E-state index contributed by atoms with van der Waals surface area (Å²) in [6, 6.07) is 0. The lowest BCUT2D eigenvalue weighted by Crippen LogP contribution is -2.11. The van der Waals surface area contributed by atoms with Crippen molar-refractivity contribution in [3.8, 4) is 0 Å². The smallest absolute Gasteiger partial charge is 0.0983 e. The number of hydrogen-bond donors (Lipinski definition) is 0. The van der Waals surface area contributed by atoms with E-state index in [1.807, 2.05) is 0 Å². The van der Waals surface area contributed by atoms with Crippen molar-refractivity contribution in [1.29, 1.82) is 0 Å². The first-order chi connectivity index (χ1) is 3.93. The van der Waals surface area contributed by atoms with Crippen LogP contribution in [0.1, 0.15) is 39.5 Å². The molecule has 0 spiro atoms. The fraction of sp³-hybridized carbons (Fsp3) is 1.00. The summed E-state index contributed by atoms with van der Waals surface area (Å²) in [7, 11) is 0. The van der Waals surface area contributed by atoms with Gasteiger partial charge in [0.1, 0.15) is 0 Å². The summed E-state index contributed by atoms with van der Waals surface area (Å²) in [6.07, 6.45) is 5.26. The maximum Gasteiger partial charge on any atom is 0.0983 e. The topological polar surface area (TPSA) is 9.23 Å². The minimum Gasteiger partial charge on any atom is -0.191 e. The van der Waals surface area contributed by atoms with Gasteiger partial charge in [-0.15, -0.1) is 0 Å². The van der Waals surface area contributed by atoms with Gasteiger partial charge in [-0.2, -0.15) is 4.94 Å². The Labute approximate surface area is 56.1 Å². The van der Waals surface area contributed by atoms with Crippen LogP contribution in [0.5, 0.6) is 0 Å². The van der Waals surface area contributed by atoms with Crippen molar-refractivity contribution in [2.45, 2.75) is 45.6 Å². The van der Waals surface area contributed by atoms with Crippen LogP contribution >= 0.6 is 0 Å². The largest absolute Gasteiger partial charge is 0.191 e. The first-order valence-electron chi connectivity index (χ1n) is 3.21. The monoisotopic (exact) mass is 134 g/mol. The van der Waals surface area contributed by atoms with Gasteiger partial charge in [0.2, 0.25) is 0 Å². The number of halogens is 1. The molecular formula is C7H15FO.